The molecule has 0 radical (unpaired) electrons. The van der Waals surface area contributed by atoms with Crippen LogP contribution in [0.1, 0.15) is 90.9 Å². The molecule has 0 bridgehead atoms. The van der Waals surface area contributed by atoms with Crippen molar-refractivity contribution in [2.75, 3.05) is 0 Å². The maximum atomic E-state index is 12.7. The third-order valence-electron chi connectivity index (χ3n) is 4.49. The molecule has 0 spiro atoms. The van der Waals surface area contributed by atoms with Crippen molar-refractivity contribution in [3.05, 3.63) is 0 Å². The minimum atomic E-state index is -5.85. The fraction of sp³-hybridized carbons (Fsp3) is 1.00. The number of alkyl halides is 6. The maximum Gasteiger partial charge on any atom is 0.425 e. The summed E-state index contributed by atoms with van der Waals surface area (Å²) < 4.78 is 104. The summed E-state index contributed by atoms with van der Waals surface area (Å²) in [6, 6.07) is 0. The number of rotatable bonds is 15. The molecule has 0 aliphatic carbocycles. The van der Waals surface area contributed by atoms with Gasteiger partial charge in [-0.25, -0.2) is 4.18 Å². The smallest absolute Gasteiger partial charge is 0.247 e. The number of hydrogen-bond acceptors (Lipinski definition) is 3. The normalized spacial score (nSPS) is 14.6. The first-order valence-corrected chi connectivity index (χ1v) is 11.4. The van der Waals surface area contributed by atoms with E-state index < -0.39 is 33.8 Å². The average Bonchev–Trinajstić information content (AvgIpc) is 2.55. The van der Waals surface area contributed by atoms with Crippen LogP contribution in [0.4, 0.5) is 26.3 Å². The summed E-state index contributed by atoms with van der Waals surface area (Å²) in [4.78, 5) is 0. The van der Waals surface area contributed by atoms with Crippen molar-refractivity contribution in [3.63, 3.8) is 0 Å². The molecule has 0 amide bonds. The van der Waals surface area contributed by atoms with Gasteiger partial charge in [0, 0.05) is 0 Å². The first-order valence-electron chi connectivity index (χ1n) is 9.91. The Morgan fingerprint density at radius 1 is 0.679 bits per heavy atom. The van der Waals surface area contributed by atoms with Gasteiger partial charge in [0.1, 0.15) is 0 Å². The molecule has 0 saturated heterocycles. The van der Waals surface area contributed by atoms with Crippen molar-refractivity contribution >= 4 is 10.1 Å². The molecule has 1 atom stereocenters. The van der Waals surface area contributed by atoms with E-state index in [-0.39, 0.29) is 12.8 Å². The zero-order valence-corrected chi connectivity index (χ0v) is 17.4. The minimum Gasteiger partial charge on any atom is -0.247 e. The van der Waals surface area contributed by atoms with Crippen LogP contribution in [0.15, 0.2) is 0 Å². The quantitative estimate of drug-likeness (QED) is 0.157. The molecule has 0 fully saturated rings. The summed E-state index contributed by atoms with van der Waals surface area (Å²) in [5.41, 5.74) is 0. The summed E-state index contributed by atoms with van der Waals surface area (Å²) in [6.07, 6.45) is -8.27. The Balaban J connectivity index is 5.08. The van der Waals surface area contributed by atoms with Gasteiger partial charge in [-0.15, -0.1) is 0 Å². The molecule has 0 aromatic carbocycles. The molecule has 0 aromatic rings. The second kappa shape index (κ2) is 12.9. The zero-order valence-electron chi connectivity index (χ0n) is 16.5. The van der Waals surface area contributed by atoms with Gasteiger partial charge in [-0.1, -0.05) is 78.1 Å². The van der Waals surface area contributed by atoms with Crippen LogP contribution in [0.25, 0.3) is 0 Å². The number of hydrogen-bond donors (Lipinski definition) is 0. The summed E-state index contributed by atoms with van der Waals surface area (Å²) in [7, 11) is -5.01. The van der Waals surface area contributed by atoms with Crippen LogP contribution in [0.3, 0.4) is 0 Å². The van der Waals surface area contributed by atoms with Crippen molar-refractivity contribution in [1.82, 2.24) is 0 Å². The van der Waals surface area contributed by atoms with Crippen LogP contribution in [0, 0.1) is 0 Å². The summed E-state index contributed by atoms with van der Waals surface area (Å²) in [5.74, 6) is 0. The highest BCUT2D eigenvalue weighted by Crippen LogP contribution is 2.38. The van der Waals surface area contributed by atoms with Gasteiger partial charge < -0.3 is 0 Å². The lowest BCUT2D eigenvalue weighted by Gasteiger charge is -2.25. The lowest BCUT2D eigenvalue weighted by Crippen LogP contribution is -2.47. The molecule has 28 heavy (non-hydrogen) atoms. The molecule has 0 saturated carbocycles. The van der Waals surface area contributed by atoms with E-state index in [4.69, 9.17) is 0 Å². The average molecular weight is 443 g/mol. The lowest BCUT2D eigenvalue weighted by molar-refractivity contribution is -0.299. The number of halogens is 6. The largest absolute Gasteiger partial charge is 0.425 e. The highest BCUT2D eigenvalue weighted by molar-refractivity contribution is 7.87. The Labute approximate surface area is 164 Å². The summed E-state index contributed by atoms with van der Waals surface area (Å²) >= 11 is 0. The van der Waals surface area contributed by atoms with Crippen molar-refractivity contribution in [2.45, 2.75) is 115 Å². The van der Waals surface area contributed by atoms with Gasteiger partial charge in [0.15, 0.2) is 0 Å². The predicted molar refractivity (Wildman–Crippen MR) is 96.4 cm³/mol. The van der Waals surface area contributed by atoms with Gasteiger partial charge >= 0.3 is 12.4 Å². The van der Waals surface area contributed by atoms with Gasteiger partial charge in [0.05, 0.1) is 5.25 Å². The lowest BCUT2D eigenvalue weighted by atomic mass is 10.0. The van der Waals surface area contributed by atoms with E-state index in [9.17, 15) is 34.8 Å². The molecule has 0 aliphatic heterocycles. The molecule has 0 aromatic heterocycles. The van der Waals surface area contributed by atoms with Crippen molar-refractivity contribution in [3.8, 4) is 0 Å². The minimum absolute atomic E-state index is 0.000270. The van der Waals surface area contributed by atoms with Gasteiger partial charge in [0.2, 0.25) is 0 Å². The fourth-order valence-corrected chi connectivity index (χ4v) is 4.45. The van der Waals surface area contributed by atoms with Gasteiger partial charge in [-0.3, -0.25) is 0 Å². The van der Waals surface area contributed by atoms with E-state index in [1.807, 2.05) is 13.8 Å². The first kappa shape index (κ1) is 27.5. The first-order chi connectivity index (χ1) is 12.9. The Bertz CT molecular complexity index is 488. The Hall–Kier alpha value is -0.510. The van der Waals surface area contributed by atoms with E-state index in [2.05, 4.69) is 4.18 Å². The van der Waals surface area contributed by atoms with Crippen LogP contribution in [0.5, 0.6) is 0 Å². The Morgan fingerprint density at radius 3 is 1.43 bits per heavy atom. The number of unbranched alkanes of at least 4 members (excludes halogenated alkanes) is 8. The van der Waals surface area contributed by atoms with Crippen LogP contribution in [-0.2, 0) is 14.3 Å². The van der Waals surface area contributed by atoms with Crippen LogP contribution >= 0.6 is 0 Å². The molecular formula is C18H32F6O3S. The maximum absolute atomic E-state index is 12.7. The van der Waals surface area contributed by atoms with E-state index in [0.717, 1.165) is 38.5 Å². The SMILES string of the molecule is CCCCCCCCC(CCCCCC)S(=O)(=O)OC(C(F)(F)F)C(F)(F)F. The van der Waals surface area contributed by atoms with E-state index in [1.54, 1.807) is 0 Å². The summed E-state index contributed by atoms with van der Waals surface area (Å²) in [5, 5.41) is -1.36. The molecule has 170 valence electrons. The van der Waals surface area contributed by atoms with Crippen LogP contribution in [0.2, 0.25) is 0 Å². The van der Waals surface area contributed by atoms with E-state index in [0.29, 0.717) is 25.7 Å². The van der Waals surface area contributed by atoms with Gasteiger partial charge in [0.25, 0.3) is 16.2 Å². The molecule has 10 heteroatoms. The van der Waals surface area contributed by atoms with Gasteiger partial charge in [-0.05, 0) is 12.8 Å². The highest BCUT2D eigenvalue weighted by Gasteiger charge is 2.60. The molecule has 1 unspecified atom stereocenters. The molecule has 0 rings (SSSR count). The second-order valence-corrected chi connectivity index (χ2v) is 8.92. The topological polar surface area (TPSA) is 43.4 Å². The van der Waals surface area contributed by atoms with Crippen LogP contribution < -0.4 is 0 Å². The molecule has 0 N–H and O–H groups in total. The van der Waals surface area contributed by atoms with E-state index >= 15 is 0 Å². The third kappa shape index (κ3) is 11.5. The molecule has 3 nitrogen and oxygen atoms in total. The van der Waals surface area contributed by atoms with Crippen LogP contribution in [-0.4, -0.2) is 32.1 Å². The Morgan fingerprint density at radius 2 is 1.04 bits per heavy atom. The predicted octanol–water partition coefficient (Wildman–Crippen LogP) is 6.92. The van der Waals surface area contributed by atoms with Crippen molar-refractivity contribution in [2.24, 2.45) is 0 Å². The van der Waals surface area contributed by atoms with Crippen molar-refractivity contribution in [1.29, 1.82) is 0 Å². The Kier molecular flexibility index (Phi) is 12.7. The fourth-order valence-electron chi connectivity index (χ4n) is 2.89. The monoisotopic (exact) mass is 442 g/mol. The third-order valence-corrected chi connectivity index (χ3v) is 6.24. The summed E-state index contributed by atoms with van der Waals surface area (Å²) in [6.45, 7) is 3.97. The van der Waals surface area contributed by atoms with Gasteiger partial charge in [-0.2, -0.15) is 34.8 Å². The zero-order chi connectivity index (χ0) is 21.8. The van der Waals surface area contributed by atoms with E-state index in [1.165, 1.54) is 0 Å². The molecule has 0 aliphatic rings. The standard InChI is InChI=1S/C18H32F6O3S/c1-3-5-7-9-10-12-14-15(13-11-8-6-4-2)28(25,26)27-16(17(19,20)21)18(22,23)24/h15-16H,3-14H2,1-2H3. The second-order valence-electron chi connectivity index (χ2n) is 7.08. The highest BCUT2D eigenvalue weighted by atomic mass is 32.2. The molecule has 0 heterocycles. The van der Waals surface area contributed by atoms with Crippen molar-refractivity contribution < 1.29 is 38.9 Å². The molecular weight excluding hydrogens is 410 g/mol.